The van der Waals surface area contributed by atoms with E-state index >= 15 is 0 Å². The van der Waals surface area contributed by atoms with Gasteiger partial charge in [0.05, 0.1) is 27.2 Å². The number of alkyl halides is 7. The van der Waals surface area contributed by atoms with E-state index in [1.165, 1.54) is 12.1 Å². The second-order valence-electron chi connectivity index (χ2n) is 7.70. The number of rotatable bonds is 7. The van der Waals surface area contributed by atoms with Crippen molar-refractivity contribution in [2.24, 2.45) is 5.92 Å². The van der Waals surface area contributed by atoms with Crippen LogP contribution in [0.4, 0.5) is 36.4 Å². The van der Waals surface area contributed by atoms with Crippen LogP contribution in [0.2, 0.25) is 10.0 Å². The molecule has 2 aromatic carbocycles. The first kappa shape index (κ1) is 27.8. The van der Waals surface area contributed by atoms with Crippen LogP contribution >= 0.6 is 46.4 Å². The van der Waals surface area contributed by atoms with Crippen LogP contribution in [0.5, 0.6) is 0 Å². The van der Waals surface area contributed by atoms with Crippen molar-refractivity contribution in [2.45, 2.75) is 35.2 Å². The van der Waals surface area contributed by atoms with Gasteiger partial charge >= 0.3 is 12.1 Å². The van der Waals surface area contributed by atoms with Crippen LogP contribution in [-0.4, -0.2) is 28.1 Å². The van der Waals surface area contributed by atoms with E-state index in [0.717, 1.165) is 18.2 Å². The minimum Gasteiger partial charge on any atom is -0.323 e. The van der Waals surface area contributed by atoms with Crippen molar-refractivity contribution in [1.82, 2.24) is 0 Å². The predicted octanol–water partition coefficient (Wildman–Crippen LogP) is 7.96. The summed E-state index contributed by atoms with van der Waals surface area (Å²) in [5.41, 5.74) is -1.26. The minimum atomic E-state index is -5.89. The number of ketones is 1. The molecule has 0 unspecified atom stereocenters. The van der Waals surface area contributed by atoms with Crippen molar-refractivity contribution in [3.05, 3.63) is 63.1 Å². The smallest absolute Gasteiger partial charge is 0.323 e. The molecule has 0 bridgehead atoms. The van der Waals surface area contributed by atoms with Gasteiger partial charge in [0.1, 0.15) is 10.2 Å². The number of hydrogen-bond acceptors (Lipinski definition) is 2. The molecule has 1 aliphatic carbocycles. The summed E-state index contributed by atoms with van der Waals surface area (Å²) in [7, 11) is 0. The highest BCUT2D eigenvalue weighted by Crippen LogP contribution is 2.65. The lowest BCUT2D eigenvalue weighted by atomic mass is 10.0. The van der Waals surface area contributed by atoms with E-state index in [9.17, 15) is 40.3 Å². The van der Waals surface area contributed by atoms with Crippen LogP contribution in [0.1, 0.15) is 34.7 Å². The zero-order valence-electron chi connectivity index (χ0n) is 16.9. The Morgan fingerprint density at radius 3 is 2.17 bits per heavy atom. The number of benzene rings is 2. The largest absolute Gasteiger partial charge is 0.453 e. The minimum absolute atomic E-state index is 0.249. The Bertz CT molecular complexity index is 1190. The fourth-order valence-electron chi connectivity index (χ4n) is 3.43. The molecule has 3 rings (SSSR count). The van der Waals surface area contributed by atoms with E-state index in [1.54, 1.807) is 0 Å². The Kier molecular flexibility index (Phi) is 7.64. The average molecular weight is 585 g/mol. The third kappa shape index (κ3) is 5.50. The third-order valence-corrected chi connectivity index (χ3v) is 6.89. The van der Waals surface area contributed by atoms with Gasteiger partial charge in [-0.15, -0.1) is 23.2 Å². The Morgan fingerprint density at radius 2 is 1.60 bits per heavy atom. The van der Waals surface area contributed by atoms with Gasteiger partial charge in [-0.25, -0.2) is 8.78 Å². The van der Waals surface area contributed by atoms with E-state index in [2.05, 4.69) is 5.32 Å². The topological polar surface area (TPSA) is 46.2 Å². The van der Waals surface area contributed by atoms with Gasteiger partial charge in [0.2, 0.25) is 5.91 Å². The molecule has 14 heteroatoms. The van der Waals surface area contributed by atoms with Gasteiger partial charge in [-0.3, -0.25) is 9.59 Å². The number of carbonyl (C=O) groups excluding carboxylic acids is 2. The Balaban J connectivity index is 1.79. The summed E-state index contributed by atoms with van der Waals surface area (Å²) in [6.45, 7) is 0. The number of halogens is 11. The van der Waals surface area contributed by atoms with Crippen molar-refractivity contribution in [3.63, 3.8) is 0 Å². The Labute approximate surface area is 213 Å². The van der Waals surface area contributed by atoms with Crippen LogP contribution in [0, 0.1) is 17.6 Å². The molecular formula is C21H12Cl4F7NO2. The molecule has 190 valence electrons. The van der Waals surface area contributed by atoms with Crippen molar-refractivity contribution in [3.8, 4) is 0 Å². The van der Waals surface area contributed by atoms with Gasteiger partial charge in [-0.1, -0.05) is 29.3 Å². The maximum atomic E-state index is 14.9. The summed E-state index contributed by atoms with van der Waals surface area (Å²) in [6, 6.07) is 5.45. The Hall–Kier alpha value is -1.75. The number of nitrogens with one attached hydrogen (secondary N) is 1. The van der Waals surface area contributed by atoms with E-state index in [4.69, 9.17) is 46.4 Å². The SMILES string of the molecule is O=C(CCC(F)(F)C(F)(F)F)c1c(Cl)ccc(NC(=O)[C@H]2[C@H](c3ccc(F)c(Cl)c3)C2(Cl)Cl)c1F. The van der Waals surface area contributed by atoms with Crippen LogP contribution in [-0.2, 0) is 4.79 Å². The maximum Gasteiger partial charge on any atom is 0.453 e. The third-order valence-electron chi connectivity index (χ3n) is 5.35. The van der Waals surface area contributed by atoms with Crippen molar-refractivity contribution >= 4 is 63.8 Å². The van der Waals surface area contributed by atoms with Gasteiger partial charge in [0.25, 0.3) is 0 Å². The molecule has 35 heavy (non-hydrogen) atoms. The first-order valence-electron chi connectivity index (χ1n) is 9.58. The van der Waals surface area contributed by atoms with Gasteiger partial charge in [0, 0.05) is 18.8 Å². The lowest BCUT2D eigenvalue weighted by Gasteiger charge is -2.19. The highest BCUT2D eigenvalue weighted by molar-refractivity contribution is 6.53. The van der Waals surface area contributed by atoms with E-state index < -0.39 is 80.7 Å². The number of Topliss-reactive ketones (excluding diaryl/α,β-unsaturated/α-hetero) is 1. The van der Waals surface area contributed by atoms with Crippen LogP contribution in [0.15, 0.2) is 30.3 Å². The zero-order chi connectivity index (χ0) is 26.5. The fraction of sp³-hybridized carbons (Fsp3) is 0.333. The van der Waals surface area contributed by atoms with Gasteiger partial charge in [0.15, 0.2) is 11.6 Å². The average Bonchev–Trinajstić information content (AvgIpc) is 3.32. The van der Waals surface area contributed by atoms with E-state index in [-0.39, 0.29) is 5.02 Å². The fourth-order valence-corrected chi connectivity index (χ4v) is 4.69. The molecule has 0 spiro atoms. The van der Waals surface area contributed by atoms with Gasteiger partial charge in [-0.2, -0.15) is 22.0 Å². The summed E-state index contributed by atoms with van der Waals surface area (Å²) < 4.78 is 90.0. The molecule has 0 aliphatic heterocycles. The Morgan fingerprint density at radius 1 is 0.971 bits per heavy atom. The summed E-state index contributed by atoms with van der Waals surface area (Å²) >= 11 is 23.8. The summed E-state index contributed by atoms with van der Waals surface area (Å²) in [5, 5.41) is 1.33. The standard InChI is InChI=1S/C21H12Cl4F7NO2/c22-9-2-4-12(17(27)14(9)13(34)5-6-19(28,29)21(30,31)32)33-18(35)16-15(20(16,24)25)8-1-3-11(26)10(23)7-8/h1-4,7,15-16H,5-6H2,(H,33,35)/t15-,16+/m0/s1. The maximum absolute atomic E-state index is 14.9. The summed E-state index contributed by atoms with van der Waals surface area (Å²) in [6.07, 6.45) is -9.19. The van der Waals surface area contributed by atoms with Crippen molar-refractivity contribution in [2.75, 3.05) is 5.32 Å². The van der Waals surface area contributed by atoms with Gasteiger partial charge in [-0.05, 0) is 29.8 Å². The first-order valence-corrected chi connectivity index (χ1v) is 11.1. The summed E-state index contributed by atoms with van der Waals surface area (Å²) in [4.78, 5) is 24.9. The van der Waals surface area contributed by atoms with Crippen LogP contribution < -0.4 is 5.32 Å². The lowest BCUT2D eigenvalue weighted by Crippen LogP contribution is -2.36. The molecule has 0 radical (unpaired) electrons. The van der Waals surface area contributed by atoms with Crippen LogP contribution in [0.3, 0.4) is 0 Å². The quantitative estimate of drug-likeness (QED) is 0.204. The van der Waals surface area contributed by atoms with Crippen molar-refractivity contribution in [1.29, 1.82) is 0 Å². The molecule has 0 heterocycles. The zero-order valence-corrected chi connectivity index (χ0v) is 20.0. The second-order valence-corrected chi connectivity index (χ2v) is 9.96. The van der Waals surface area contributed by atoms with Crippen molar-refractivity contribution < 1.29 is 40.3 Å². The number of carbonyl (C=O) groups is 2. The number of amides is 1. The number of hydrogen-bond donors (Lipinski definition) is 1. The molecule has 0 saturated heterocycles. The predicted molar refractivity (Wildman–Crippen MR) is 117 cm³/mol. The molecule has 1 fully saturated rings. The normalized spacial score (nSPS) is 19.4. The highest BCUT2D eigenvalue weighted by atomic mass is 35.5. The lowest BCUT2D eigenvalue weighted by molar-refractivity contribution is -0.283. The molecular weight excluding hydrogens is 573 g/mol. The second kappa shape index (κ2) is 9.61. The number of anilines is 1. The molecule has 0 aromatic heterocycles. The summed E-state index contributed by atoms with van der Waals surface area (Å²) in [5.74, 6) is -11.7. The van der Waals surface area contributed by atoms with E-state index in [0.29, 0.717) is 5.56 Å². The molecule has 1 amide bonds. The van der Waals surface area contributed by atoms with Gasteiger partial charge < -0.3 is 5.32 Å². The molecule has 1 saturated carbocycles. The van der Waals surface area contributed by atoms with E-state index in [1.807, 2.05) is 0 Å². The molecule has 2 aromatic rings. The molecule has 2 atom stereocenters. The molecule has 1 aliphatic rings. The molecule has 3 nitrogen and oxygen atoms in total. The highest BCUT2D eigenvalue weighted by Gasteiger charge is 2.67. The van der Waals surface area contributed by atoms with Crippen LogP contribution in [0.25, 0.3) is 0 Å². The first-order chi connectivity index (χ1) is 16.0. The molecule has 1 N–H and O–H groups in total. The monoisotopic (exact) mass is 583 g/mol.